The third kappa shape index (κ3) is 3.83. The smallest absolute Gasteiger partial charge is 0.0765 e. The van der Waals surface area contributed by atoms with E-state index < -0.39 is 0 Å². The van der Waals surface area contributed by atoms with E-state index in [1.807, 2.05) is 0 Å². The molecule has 0 spiro atoms. The average Bonchev–Trinajstić information content (AvgIpc) is 2.84. The van der Waals surface area contributed by atoms with Gasteiger partial charge in [0.05, 0.1) is 5.69 Å². The van der Waals surface area contributed by atoms with Crippen LogP contribution >= 0.6 is 0 Å². The van der Waals surface area contributed by atoms with E-state index in [0.29, 0.717) is 18.1 Å². The highest BCUT2D eigenvalue weighted by Gasteiger charge is 2.22. The van der Waals surface area contributed by atoms with Crippen LogP contribution in [0, 0.1) is 0 Å². The van der Waals surface area contributed by atoms with Gasteiger partial charge in [-0.1, -0.05) is 13.8 Å². The summed E-state index contributed by atoms with van der Waals surface area (Å²) in [7, 11) is 0. The summed E-state index contributed by atoms with van der Waals surface area (Å²) in [6.07, 6.45) is 5.68. The molecule has 1 aromatic rings. The summed E-state index contributed by atoms with van der Waals surface area (Å²) in [6, 6.07) is 3.93. The van der Waals surface area contributed by atoms with E-state index in [-0.39, 0.29) is 0 Å². The van der Waals surface area contributed by atoms with Crippen LogP contribution in [0.2, 0.25) is 0 Å². The Morgan fingerprint density at radius 1 is 1.45 bits per heavy atom. The first-order valence-corrected chi connectivity index (χ1v) is 8.15. The number of hydrogen-bond acceptors (Lipinski definition) is 3. The minimum atomic E-state index is 0.496. The Hall–Kier alpha value is -0.870. The molecular formula is C16H30N4. The van der Waals surface area contributed by atoms with Gasteiger partial charge in [-0.05, 0) is 45.7 Å². The molecule has 0 aromatic carbocycles. The van der Waals surface area contributed by atoms with Crippen molar-refractivity contribution in [3.63, 3.8) is 0 Å². The lowest BCUT2D eigenvalue weighted by molar-refractivity contribution is 0.191. The largest absolute Gasteiger partial charge is 0.313 e. The van der Waals surface area contributed by atoms with E-state index >= 15 is 0 Å². The standard InChI is InChI=1S/C16H30N4/c1-5-13(3)20-10-8-16(18-20)12-19-11-15(6-2)17-9-7-14(19)4/h8,10,13-15,17H,5-7,9,11-12H2,1-4H3. The molecule has 3 unspecified atom stereocenters. The quantitative estimate of drug-likeness (QED) is 0.899. The summed E-state index contributed by atoms with van der Waals surface area (Å²) in [6.45, 7) is 12.3. The molecule has 1 aliphatic heterocycles. The molecule has 0 bridgehead atoms. The second-order valence-electron chi connectivity index (χ2n) is 6.17. The lowest BCUT2D eigenvalue weighted by Crippen LogP contribution is -2.39. The van der Waals surface area contributed by atoms with Gasteiger partial charge in [0, 0.05) is 37.4 Å². The number of nitrogens with zero attached hydrogens (tertiary/aromatic N) is 3. The van der Waals surface area contributed by atoms with Crippen molar-refractivity contribution in [2.24, 2.45) is 0 Å². The molecule has 1 aliphatic rings. The van der Waals surface area contributed by atoms with E-state index in [0.717, 1.165) is 26.1 Å². The molecule has 0 radical (unpaired) electrons. The average molecular weight is 278 g/mol. The molecule has 3 atom stereocenters. The predicted molar refractivity (Wildman–Crippen MR) is 83.8 cm³/mol. The fraction of sp³-hybridized carbons (Fsp3) is 0.812. The molecule has 1 saturated heterocycles. The fourth-order valence-electron chi connectivity index (χ4n) is 2.80. The van der Waals surface area contributed by atoms with Gasteiger partial charge >= 0.3 is 0 Å². The van der Waals surface area contributed by atoms with Gasteiger partial charge in [0.1, 0.15) is 0 Å². The highest BCUT2D eigenvalue weighted by atomic mass is 15.3. The third-order valence-electron chi connectivity index (χ3n) is 4.64. The molecule has 0 saturated carbocycles. The van der Waals surface area contributed by atoms with Crippen LogP contribution in [0.4, 0.5) is 0 Å². The second kappa shape index (κ2) is 7.23. The molecule has 1 fully saturated rings. The molecule has 20 heavy (non-hydrogen) atoms. The van der Waals surface area contributed by atoms with Crippen LogP contribution in [0.25, 0.3) is 0 Å². The topological polar surface area (TPSA) is 33.1 Å². The Bertz CT molecular complexity index is 401. The molecule has 0 amide bonds. The lowest BCUT2D eigenvalue weighted by atomic mass is 10.2. The van der Waals surface area contributed by atoms with Crippen LogP contribution in [0.5, 0.6) is 0 Å². The van der Waals surface area contributed by atoms with Crippen LogP contribution in [-0.2, 0) is 6.54 Å². The number of hydrogen-bond donors (Lipinski definition) is 1. The molecule has 1 aromatic heterocycles. The van der Waals surface area contributed by atoms with Crippen LogP contribution < -0.4 is 5.32 Å². The Kier molecular flexibility index (Phi) is 5.61. The van der Waals surface area contributed by atoms with E-state index in [2.05, 4.69) is 54.9 Å². The molecule has 114 valence electrons. The molecule has 2 heterocycles. The third-order valence-corrected chi connectivity index (χ3v) is 4.64. The Labute approximate surface area is 123 Å². The first-order valence-electron chi connectivity index (χ1n) is 8.15. The maximum atomic E-state index is 4.75. The van der Waals surface area contributed by atoms with Crippen molar-refractivity contribution in [3.05, 3.63) is 18.0 Å². The van der Waals surface area contributed by atoms with E-state index in [9.17, 15) is 0 Å². The number of aromatic nitrogens is 2. The van der Waals surface area contributed by atoms with Crippen LogP contribution in [0.3, 0.4) is 0 Å². The van der Waals surface area contributed by atoms with Crippen molar-refractivity contribution in [3.8, 4) is 0 Å². The van der Waals surface area contributed by atoms with Crippen molar-refractivity contribution in [2.45, 2.75) is 71.6 Å². The molecule has 4 nitrogen and oxygen atoms in total. The second-order valence-corrected chi connectivity index (χ2v) is 6.17. The summed E-state index contributed by atoms with van der Waals surface area (Å²) in [5.74, 6) is 0. The van der Waals surface area contributed by atoms with E-state index in [1.54, 1.807) is 0 Å². The monoisotopic (exact) mass is 278 g/mol. The van der Waals surface area contributed by atoms with E-state index in [1.165, 1.54) is 18.5 Å². The Morgan fingerprint density at radius 3 is 2.95 bits per heavy atom. The van der Waals surface area contributed by atoms with Crippen molar-refractivity contribution in [1.82, 2.24) is 20.0 Å². The molecule has 4 heteroatoms. The minimum absolute atomic E-state index is 0.496. The highest BCUT2D eigenvalue weighted by molar-refractivity contribution is 5.00. The molecule has 2 rings (SSSR count). The predicted octanol–water partition coefficient (Wildman–Crippen LogP) is 2.82. The van der Waals surface area contributed by atoms with Crippen molar-refractivity contribution < 1.29 is 0 Å². The summed E-state index contributed by atoms with van der Waals surface area (Å²) >= 11 is 0. The normalized spacial score (nSPS) is 26.4. The van der Waals surface area contributed by atoms with E-state index in [4.69, 9.17) is 5.10 Å². The maximum absolute atomic E-state index is 4.75. The highest BCUT2D eigenvalue weighted by Crippen LogP contribution is 2.15. The van der Waals surface area contributed by atoms with Gasteiger partial charge in [0.15, 0.2) is 0 Å². The van der Waals surface area contributed by atoms with Gasteiger partial charge in [-0.3, -0.25) is 9.58 Å². The Balaban J connectivity index is 2.01. The zero-order valence-corrected chi connectivity index (χ0v) is 13.5. The van der Waals surface area contributed by atoms with Gasteiger partial charge in [0.25, 0.3) is 0 Å². The van der Waals surface area contributed by atoms with Crippen LogP contribution in [0.1, 0.15) is 58.7 Å². The zero-order valence-electron chi connectivity index (χ0n) is 13.5. The number of rotatable bonds is 5. The summed E-state index contributed by atoms with van der Waals surface area (Å²) in [4.78, 5) is 2.58. The van der Waals surface area contributed by atoms with Crippen molar-refractivity contribution >= 4 is 0 Å². The van der Waals surface area contributed by atoms with Gasteiger partial charge < -0.3 is 5.32 Å². The van der Waals surface area contributed by atoms with Crippen molar-refractivity contribution in [1.29, 1.82) is 0 Å². The number of nitrogens with one attached hydrogen (secondary N) is 1. The van der Waals surface area contributed by atoms with Gasteiger partial charge in [0.2, 0.25) is 0 Å². The molecular weight excluding hydrogens is 248 g/mol. The molecule has 1 N–H and O–H groups in total. The summed E-state index contributed by atoms with van der Waals surface area (Å²) < 4.78 is 2.10. The fourth-order valence-corrected chi connectivity index (χ4v) is 2.80. The van der Waals surface area contributed by atoms with Crippen LogP contribution in [-0.4, -0.2) is 39.9 Å². The van der Waals surface area contributed by atoms with Gasteiger partial charge in [-0.25, -0.2) is 0 Å². The van der Waals surface area contributed by atoms with Crippen molar-refractivity contribution in [2.75, 3.05) is 13.1 Å². The minimum Gasteiger partial charge on any atom is -0.313 e. The SMILES string of the molecule is CCC1CN(Cc2ccn(C(C)CC)n2)C(C)CCN1. The first kappa shape index (κ1) is 15.5. The summed E-state index contributed by atoms with van der Waals surface area (Å²) in [5.41, 5.74) is 1.20. The first-order chi connectivity index (χ1) is 9.63. The maximum Gasteiger partial charge on any atom is 0.0765 e. The summed E-state index contributed by atoms with van der Waals surface area (Å²) in [5, 5.41) is 8.39. The zero-order chi connectivity index (χ0) is 14.5. The van der Waals surface area contributed by atoms with Gasteiger partial charge in [-0.15, -0.1) is 0 Å². The molecule has 0 aliphatic carbocycles. The van der Waals surface area contributed by atoms with Crippen LogP contribution in [0.15, 0.2) is 12.3 Å². The Morgan fingerprint density at radius 2 is 2.25 bits per heavy atom. The van der Waals surface area contributed by atoms with Gasteiger partial charge in [-0.2, -0.15) is 5.10 Å². The lowest BCUT2D eigenvalue weighted by Gasteiger charge is -2.28.